The van der Waals surface area contributed by atoms with Crippen molar-refractivity contribution in [1.82, 2.24) is 9.97 Å². The Kier molecular flexibility index (Phi) is 10.6. The van der Waals surface area contributed by atoms with Gasteiger partial charge in [0, 0.05) is 18.2 Å². The molecular weight excluding hydrogens is 359 g/mol. The number of aromatic nitrogens is 2. The van der Waals surface area contributed by atoms with E-state index in [1.807, 2.05) is 32.9 Å². The van der Waals surface area contributed by atoms with Crippen molar-refractivity contribution >= 4 is 17.0 Å². The van der Waals surface area contributed by atoms with E-state index in [1.54, 1.807) is 33.9 Å². The molecule has 0 amide bonds. The molecule has 6 nitrogen and oxygen atoms in total. The Morgan fingerprint density at radius 2 is 1.81 bits per heavy atom. The van der Waals surface area contributed by atoms with E-state index in [0.29, 0.717) is 18.9 Å². The standard InChI is InChI=1S/C15H20N2O3.C4H9O.K/c1-5-20-14(18)15(2,3)9-10-8-12-11(16-10)6-7-13(17-12)19-4;1-4(2,3)5;/h6-8,16H,5,9H2,1-4H3;1-3H3;/q;-1;+1. The number of nitrogens with one attached hydrogen (secondary N) is 1. The molecule has 0 aliphatic heterocycles. The van der Waals surface area contributed by atoms with Gasteiger partial charge in [0.15, 0.2) is 0 Å². The van der Waals surface area contributed by atoms with Crippen LogP contribution in [-0.2, 0) is 16.0 Å². The number of esters is 1. The summed E-state index contributed by atoms with van der Waals surface area (Å²) in [6, 6.07) is 5.67. The maximum absolute atomic E-state index is 11.9. The molecule has 26 heavy (non-hydrogen) atoms. The normalized spacial score (nSPS) is 11.2. The Balaban J connectivity index is 0.000000923. The smallest absolute Gasteiger partial charge is 0.850 e. The molecule has 0 fully saturated rings. The van der Waals surface area contributed by atoms with Crippen LogP contribution in [0.2, 0.25) is 0 Å². The zero-order valence-electron chi connectivity index (χ0n) is 17.2. The van der Waals surface area contributed by atoms with E-state index < -0.39 is 11.0 Å². The van der Waals surface area contributed by atoms with Crippen LogP contribution in [0.15, 0.2) is 18.2 Å². The van der Waals surface area contributed by atoms with Gasteiger partial charge in [0.05, 0.1) is 30.2 Å². The molecule has 0 spiro atoms. The van der Waals surface area contributed by atoms with E-state index >= 15 is 0 Å². The third kappa shape index (κ3) is 8.97. The number of methoxy groups -OCH3 is 1. The average molecular weight is 389 g/mol. The number of hydrogen-bond acceptors (Lipinski definition) is 5. The number of aromatic amines is 1. The SMILES string of the molecule is CC(C)(C)[O-].CCOC(=O)C(C)(C)Cc1cc2nc(OC)ccc2[nH]1.[K+]. The first kappa shape index (κ1) is 25.6. The van der Waals surface area contributed by atoms with Crippen molar-refractivity contribution < 1.29 is 70.8 Å². The summed E-state index contributed by atoms with van der Waals surface area (Å²) in [5.41, 5.74) is 1.40. The molecular formula is C19H29KN2O4. The topological polar surface area (TPSA) is 87.3 Å². The zero-order chi connectivity index (χ0) is 19.3. The molecule has 140 valence electrons. The summed E-state index contributed by atoms with van der Waals surface area (Å²) in [4.78, 5) is 19.5. The number of nitrogens with zero attached hydrogens (tertiary/aromatic N) is 1. The number of hydrogen-bond donors (Lipinski definition) is 1. The van der Waals surface area contributed by atoms with Crippen LogP contribution in [0.3, 0.4) is 0 Å². The first-order valence-corrected chi connectivity index (χ1v) is 8.36. The van der Waals surface area contributed by atoms with Gasteiger partial charge in [-0.3, -0.25) is 4.79 Å². The van der Waals surface area contributed by atoms with Crippen molar-refractivity contribution in [3.8, 4) is 5.88 Å². The van der Waals surface area contributed by atoms with Crippen molar-refractivity contribution in [2.75, 3.05) is 13.7 Å². The first-order chi connectivity index (χ1) is 11.5. The van der Waals surface area contributed by atoms with Crippen molar-refractivity contribution in [2.45, 2.75) is 53.6 Å². The fraction of sp³-hybridized carbons (Fsp3) is 0.579. The third-order valence-electron chi connectivity index (χ3n) is 3.17. The number of rotatable bonds is 5. The van der Waals surface area contributed by atoms with Crippen LogP contribution < -0.4 is 61.2 Å². The molecule has 0 atom stereocenters. The molecule has 2 aromatic rings. The van der Waals surface area contributed by atoms with E-state index in [1.165, 1.54) is 0 Å². The van der Waals surface area contributed by atoms with Crippen LogP contribution in [0.1, 0.15) is 47.2 Å². The Hall–Kier alpha value is -0.444. The molecule has 0 radical (unpaired) electrons. The second kappa shape index (κ2) is 10.8. The van der Waals surface area contributed by atoms with Gasteiger partial charge in [-0.25, -0.2) is 4.98 Å². The second-order valence-corrected chi connectivity index (χ2v) is 7.47. The summed E-state index contributed by atoms with van der Waals surface area (Å²) in [5, 5.41) is 10.1. The van der Waals surface area contributed by atoms with E-state index in [2.05, 4.69) is 9.97 Å². The van der Waals surface area contributed by atoms with Crippen LogP contribution >= 0.6 is 0 Å². The summed E-state index contributed by atoms with van der Waals surface area (Å²) in [5.74, 6) is 0.386. The molecule has 0 aromatic carbocycles. The Morgan fingerprint density at radius 3 is 2.31 bits per heavy atom. The number of carbonyl (C=O) groups is 1. The number of pyridine rings is 1. The summed E-state index contributed by atoms with van der Waals surface area (Å²) < 4.78 is 10.2. The summed E-state index contributed by atoms with van der Waals surface area (Å²) in [6.45, 7) is 10.9. The number of H-pyrrole nitrogens is 1. The van der Waals surface area contributed by atoms with Gasteiger partial charge in [0.25, 0.3) is 0 Å². The molecule has 2 heterocycles. The van der Waals surface area contributed by atoms with Gasteiger partial charge >= 0.3 is 57.4 Å². The molecule has 0 bridgehead atoms. The summed E-state index contributed by atoms with van der Waals surface area (Å²) in [7, 11) is 1.59. The van der Waals surface area contributed by atoms with Crippen LogP contribution in [-0.4, -0.2) is 35.3 Å². The van der Waals surface area contributed by atoms with Crippen LogP contribution in [0, 0.1) is 5.41 Å². The van der Waals surface area contributed by atoms with Gasteiger partial charge in [0.2, 0.25) is 5.88 Å². The predicted molar refractivity (Wildman–Crippen MR) is 96.5 cm³/mol. The van der Waals surface area contributed by atoms with Gasteiger partial charge in [-0.05, 0) is 32.9 Å². The molecule has 1 N–H and O–H groups in total. The van der Waals surface area contributed by atoms with E-state index in [0.717, 1.165) is 16.7 Å². The van der Waals surface area contributed by atoms with Crippen molar-refractivity contribution in [3.05, 3.63) is 23.9 Å². The largest absolute Gasteiger partial charge is 1.00 e. The van der Waals surface area contributed by atoms with Gasteiger partial charge in [-0.2, -0.15) is 0 Å². The Bertz CT molecular complexity index is 699. The minimum Gasteiger partial charge on any atom is -0.850 e. The van der Waals surface area contributed by atoms with E-state index in [-0.39, 0.29) is 57.4 Å². The van der Waals surface area contributed by atoms with Crippen molar-refractivity contribution in [2.24, 2.45) is 5.41 Å². The van der Waals surface area contributed by atoms with Gasteiger partial charge < -0.3 is 19.6 Å². The third-order valence-corrected chi connectivity index (χ3v) is 3.17. The molecule has 2 aromatic heterocycles. The van der Waals surface area contributed by atoms with Crippen molar-refractivity contribution in [1.29, 1.82) is 0 Å². The van der Waals surface area contributed by atoms with Gasteiger partial charge in [-0.15, -0.1) is 5.60 Å². The van der Waals surface area contributed by atoms with Crippen molar-refractivity contribution in [3.63, 3.8) is 0 Å². The predicted octanol–water partition coefficient (Wildman–Crippen LogP) is -0.147. The molecule has 0 aliphatic carbocycles. The number of carbonyl (C=O) groups excluding carboxylic acids is 1. The zero-order valence-corrected chi connectivity index (χ0v) is 20.3. The summed E-state index contributed by atoms with van der Waals surface area (Å²) in [6.07, 6.45) is 0.574. The number of fused-ring (bicyclic) bond motifs is 1. The quantitative estimate of drug-likeness (QED) is 0.569. The fourth-order valence-electron chi connectivity index (χ4n) is 2.13. The van der Waals surface area contributed by atoms with Crippen LogP contribution in [0.4, 0.5) is 0 Å². The molecule has 0 saturated carbocycles. The van der Waals surface area contributed by atoms with Crippen LogP contribution in [0.5, 0.6) is 5.88 Å². The maximum Gasteiger partial charge on any atom is 1.00 e. The summed E-state index contributed by atoms with van der Waals surface area (Å²) >= 11 is 0. The molecule has 7 heteroatoms. The Morgan fingerprint density at radius 1 is 1.23 bits per heavy atom. The van der Waals surface area contributed by atoms with E-state index in [4.69, 9.17) is 9.47 Å². The minimum absolute atomic E-state index is 0. The average Bonchev–Trinajstić information content (AvgIpc) is 2.85. The maximum atomic E-state index is 11.9. The second-order valence-electron chi connectivity index (χ2n) is 7.47. The minimum atomic E-state index is -0.750. The van der Waals surface area contributed by atoms with E-state index in [9.17, 15) is 9.90 Å². The molecule has 0 unspecified atom stereocenters. The fourth-order valence-corrected chi connectivity index (χ4v) is 2.13. The first-order valence-electron chi connectivity index (χ1n) is 8.36. The van der Waals surface area contributed by atoms with Gasteiger partial charge in [-0.1, -0.05) is 20.8 Å². The Labute approximate surface area is 198 Å². The molecule has 2 rings (SSSR count). The number of ether oxygens (including phenoxy) is 2. The monoisotopic (exact) mass is 388 g/mol. The molecule has 0 aliphatic rings. The van der Waals surface area contributed by atoms with Crippen LogP contribution in [0.25, 0.3) is 11.0 Å². The molecule has 0 saturated heterocycles. The van der Waals surface area contributed by atoms with Gasteiger partial charge in [0.1, 0.15) is 0 Å².